The fourth-order valence-electron chi connectivity index (χ4n) is 2.07. The molecule has 0 aliphatic rings. The molecule has 1 aromatic rings. The molecule has 1 N–H and O–H groups in total. The third kappa shape index (κ3) is 6.39. The van der Waals surface area contributed by atoms with E-state index in [1.807, 2.05) is 6.07 Å². The first kappa shape index (κ1) is 15.7. The number of benzene rings is 1. The van der Waals surface area contributed by atoms with Gasteiger partial charge in [0.1, 0.15) is 0 Å². The zero-order chi connectivity index (χ0) is 14.1. The Kier molecular flexibility index (Phi) is 7.19. The van der Waals surface area contributed by atoms with Crippen molar-refractivity contribution >= 4 is 5.91 Å². The minimum absolute atomic E-state index is 0.129. The Morgan fingerprint density at radius 2 is 1.84 bits per heavy atom. The van der Waals surface area contributed by atoms with Crippen molar-refractivity contribution in [2.24, 2.45) is 0 Å². The van der Waals surface area contributed by atoms with Gasteiger partial charge in [0.2, 0.25) is 5.91 Å². The van der Waals surface area contributed by atoms with Crippen molar-refractivity contribution in [3.05, 3.63) is 35.9 Å². The van der Waals surface area contributed by atoms with E-state index in [2.05, 4.69) is 55.3 Å². The summed E-state index contributed by atoms with van der Waals surface area (Å²) in [6.45, 7) is 8.57. The lowest BCUT2D eigenvalue weighted by molar-refractivity contribution is -0.122. The summed E-state index contributed by atoms with van der Waals surface area (Å²) in [6.07, 6.45) is 1.99. The summed E-state index contributed by atoms with van der Waals surface area (Å²) in [5.41, 5.74) is 1.33. The maximum atomic E-state index is 11.8. The second kappa shape index (κ2) is 8.70. The second-order valence-corrected chi connectivity index (χ2v) is 4.95. The molecule has 3 nitrogen and oxygen atoms in total. The van der Waals surface area contributed by atoms with E-state index in [-0.39, 0.29) is 11.9 Å². The van der Waals surface area contributed by atoms with Gasteiger partial charge < -0.3 is 5.32 Å². The molecule has 1 aromatic carbocycles. The molecule has 0 aliphatic carbocycles. The van der Waals surface area contributed by atoms with E-state index in [0.29, 0.717) is 6.54 Å². The molecule has 0 fully saturated rings. The van der Waals surface area contributed by atoms with Gasteiger partial charge in [-0.05, 0) is 38.4 Å². The Hall–Kier alpha value is -1.35. The topological polar surface area (TPSA) is 32.3 Å². The van der Waals surface area contributed by atoms with E-state index in [1.165, 1.54) is 5.56 Å². The van der Waals surface area contributed by atoms with Gasteiger partial charge in [-0.15, -0.1) is 0 Å². The zero-order valence-electron chi connectivity index (χ0n) is 12.4. The Balaban J connectivity index is 2.27. The lowest BCUT2D eigenvalue weighted by atomic mass is 10.1. The van der Waals surface area contributed by atoms with Crippen LogP contribution in [-0.2, 0) is 11.2 Å². The lowest BCUT2D eigenvalue weighted by Gasteiger charge is -2.20. The average Bonchev–Trinajstić information content (AvgIpc) is 2.43. The van der Waals surface area contributed by atoms with Crippen LogP contribution < -0.4 is 5.32 Å². The Morgan fingerprint density at radius 3 is 2.42 bits per heavy atom. The Bertz CT molecular complexity index is 360. The highest BCUT2D eigenvalue weighted by Crippen LogP contribution is 2.04. The summed E-state index contributed by atoms with van der Waals surface area (Å²) < 4.78 is 0. The highest BCUT2D eigenvalue weighted by Gasteiger charge is 2.10. The number of rotatable bonds is 8. The van der Waals surface area contributed by atoms with Gasteiger partial charge in [0, 0.05) is 6.04 Å². The molecule has 19 heavy (non-hydrogen) atoms. The zero-order valence-corrected chi connectivity index (χ0v) is 12.4. The van der Waals surface area contributed by atoms with E-state index in [4.69, 9.17) is 0 Å². The summed E-state index contributed by atoms with van der Waals surface area (Å²) in [4.78, 5) is 14.0. The highest BCUT2D eigenvalue weighted by atomic mass is 16.2. The normalized spacial score (nSPS) is 12.4. The third-order valence-electron chi connectivity index (χ3n) is 3.38. The predicted octanol–water partition coefficient (Wildman–Crippen LogP) is 2.47. The van der Waals surface area contributed by atoms with Crippen molar-refractivity contribution in [3.63, 3.8) is 0 Å². The molecule has 0 bridgehead atoms. The quantitative estimate of drug-likeness (QED) is 0.780. The molecule has 0 spiro atoms. The van der Waals surface area contributed by atoms with Crippen molar-refractivity contribution in [1.82, 2.24) is 10.2 Å². The molecule has 0 unspecified atom stereocenters. The molecule has 106 valence electrons. The number of hydrogen-bond acceptors (Lipinski definition) is 2. The van der Waals surface area contributed by atoms with E-state index < -0.39 is 0 Å². The summed E-state index contributed by atoms with van der Waals surface area (Å²) in [7, 11) is 0. The van der Waals surface area contributed by atoms with Crippen LogP contribution in [0.4, 0.5) is 0 Å². The number of carbonyl (C=O) groups is 1. The molecule has 0 saturated carbocycles. The van der Waals surface area contributed by atoms with Crippen LogP contribution in [0.25, 0.3) is 0 Å². The van der Waals surface area contributed by atoms with Crippen LogP contribution in [0.5, 0.6) is 0 Å². The second-order valence-electron chi connectivity index (χ2n) is 4.95. The van der Waals surface area contributed by atoms with Gasteiger partial charge in [-0.3, -0.25) is 9.69 Å². The Labute approximate surface area is 117 Å². The maximum absolute atomic E-state index is 11.8. The van der Waals surface area contributed by atoms with E-state index >= 15 is 0 Å². The molecule has 1 rings (SSSR count). The van der Waals surface area contributed by atoms with E-state index in [1.54, 1.807) is 0 Å². The fraction of sp³-hybridized carbons (Fsp3) is 0.562. The number of likely N-dealkylation sites (N-methyl/N-ethyl adjacent to an activating group) is 1. The van der Waals surface area contributed by atoms with Gasteiger partial charge in [-0.1, -0.05) is 44.2 Å². The predicted molar refractivity (Wildman–Crippen MR) is 80.2 cm³/mol. The molecule has 0 heterocycles. The number of aryl methyl sites for hydroxylation is 1. The fourth-order valence-corrected chi connectivity index (χ4v) is 2.07. The molecule has 0 aromatic heterocycles. The minimum Gasteiger partial charge on any atom is -0.353 e. The first-order chi connectivity index (χ1) is 9.15. The minimum atomic E-state index is 0.129. The molecule has 0 aliphatic heterocycles. The summed E-state index contributed by atoms with van der Waals surface area (Å²) in [5.74, 6) is 0.129. The summed E-state index contributed by atoms with van der Waals surface area (Å²) in [5, 5.41) is 3.07. The number of amides is 1. The van der Waals surface area contributed by atoms with E-state index in [0.717, 1.165) is 25.9 Å². The first-order valence-corrected chi connectivity index (χ1v) is 7.21. The lowest BCUT2D eigenvalue weighted by Crippen LogP contribution is -2.41. The summed E-state index contributed by atoms with van der Waals surface area (Å²) >= 11 is 0. The highest BCUT2D eigenvalue weighted by molar-refractivity contribution is 5.78. The van der Waals surface area contributed by atoms with Crippen molar-refractivity contribution in [1.29, 1.82) is 0 Å². The maximum Gasteiger partial charge on any atom is 0.234 e. The van der Waals surface area contributed by atoms with Gasteiger partial charge in [0.25, 0.3) is 0 Å². The largest absolute Gasteiger partial charge is 0.353 e. The van der Waals surface area contributed by atoms with Gasteiger partial charge >= 0.3 is 0 Å². The SMILES string of the molecule is CCN(CC)CC(=O)N[C@@H](C)CCc1ccccc1. The summed E-state index contributed by atoms with van der Waals surface area (Å²) in [6, 6.07) is 10.6. The van der Waals surface area contributed by atoms with E-state index in [9.17, 15) is 4.79 Å². The van der Waals surface area contributed by atoms with Gasteiger partial charge in [-0.2, -0.15) is 0 Å². The monoisotopic (exact) mass is 262 g/mol. The van der Waals surface area contributed by atoms with Crippen LogP contribution in [-0.4, -0.2) is 36.5 Å². The molecule has 1 amide bonds. The number of carbonyl (C=O) groups excluding carboxylic acids is 1. The van der Waals surface area contributed by atoms with Crippen molar-refractivity contribution < 1.29 is 4.79 Å². The van der Waals surface area contributed by atoms with Gasteiger partial charge in [0.05, 0.1) is 6.54 Å². The van der Waals surface area contributed by atoms with Crippen molar-refractivity contribution in [2.45, 2.75) is 39.7 Å². The van der Waals surface area contributed by atoms with Crippen LogP contribution in [0, 0.1) is 0 Å². The van der Waals surface area contributed by atoms with Gasteiger partial charge in [0.15, 0.2) is 0 Å². The molecular weight excluding hydrogens is 236 g/mol. The number of nitrogens with zero attached hydrogens (tertiary/aromatic N) is 1. The van der Waals surface area contributed by atoms with Crippen LogP contribution >= 0.6 is 0 Å². The average molecular weight is 262 g/mol. The van der Waals surface area contributed by atoms with Crippen molar-refractivity contribution in [2.75, 3.05) is 19.6 Å². The van der Waals surface area contributed by atoms with Crippen LogP contribution in [0.3, 0.4) is 0 Å². The first-order valence-electron chi connectivity index (χ1n) is 7.21. The van der Waals surface area contributed by atoms with Crippen LogP contribution in [0.15, 0.2) is 30.3 Å². The van der Waals surface area contributed by atoms with Crippen LogP contribution in [0.2, 0.25) is 0 Å². The standard InChI is InChI=1S/C16H26N2O/c1-4-18(5-2)13-16(19)17-14(3)11-12-15-9-7-6-8-10-15/h6-10,14H,4-5,11-13H2,1-3H3,(H,17,19)/t14-/m0/s1. The molecule has 3 heteroatoms. The molecule has 1 atom stereocenters. The molecule has 0 saturated heterocycles. The van der Waals surface area contributed by atoms with Crippen molar-refractivity contribution in [3.8, 4) is 0 Å². The Morgan fingerprint density at radius 1 is 1.21 bits per heavy atom. The molecular formula is C16H26N2O. The number of nitrogens with one attached hydrogen (secondary N) is 1. The third-order valence-corrected chi connectivity index (χ3v) is 3.38. The number of hydrogen-bond donors (Lipinski definition) is 1. The smallest absolute Gasteiger partial charge is 0.234 e. The van der Waals surface area contributed by atoms with Crippen LogP contribution in [0.1, 0.15) is 32.8 Å². The molecule has 0 radical (unpaired) electrons. The van der Waals surface area contributed by atoms with Gasteiger partial charge in [-0.25, -0.2) is 0 Å².